The highest BCUT2D eigenvalue weighted by Crippen LogP contribution is 2.30. The molecule has 4 rings (SSSR count). The number of sulfonamides is 1. The predicted molar refractivity (Wildman–Crippen MR) is 188 cm³/mol. The Hall–Kier alpha value is -3.66. The molecule has 0 heterocycles. The van der Waals surface area contributed by atoms with Gasteiger partial charge < -0.3 is 10.2 Å². The molecule has 4 aromatic carbocycles. The van der Waals surface area contributed by atoms with Crippen LogP contribution >= 0.6 is 27.5 Å². The Bertz CT molecular complexity index is 1770. The lowest BCUT2D eigenvalue weighted by Gasteiger charge is -2.34. The molecule has 2 amide bonds. The Balaban J connectivity index is 1.83. The summed E-state index contributed by atoms with van der Waals surface area (Å²) < 4.78 is 30.5. The summed E-state index contributed by atoms with van der Waals surface area (Å²) >= 11 is 9.76. The van der Waals surface area contributed by atoms with Gasteiger partial charge in [0, 0.05) is 28.5 Å². The molecule has 0 saturated carbocycles. The summed E-state index contributed by atoms with van der Waals surface area (Å²) in [5.41, 5.74) is 3.47. The normalized spacial score (nSPS) is 12.7. The summed E-state index contributed by atoms with van der Waals surface area (Å²) in [4.78, 5) is 30.1. The monoisotopic (exact) mass is 723 g/mol. The molecule has 0 saturated heterocycles. The van der Waals surface area contributed by atoms with Crippen LogP contribution in [-0.4, -0.2) is 43.8 Å². The lowest BCUT2D eigenvalue weighted by atomic mass is 10.0. The largest absolute Gasteiger partial charge is 0.352 e. The zero-order valence-corrected chi connectivity index (χ0v) is 29.6. The van der Waals surface area contributed by atoms with Gasteiger partial charge in [-0.1, -0.05) is 94.6 Å². The van der Waals surface area contributed by atoms with Crippen LogP contribution in [0.3, 0.4) is 0 Å². The van der Waals surface area contributed by atoms with Crippen LogP contribution in [0.25, 0.3) is 0 Å². The Morgan fingerprint density at radius 2 is 1.57 bits per heavy atom. The zero-order valence-electron chi connectivity index (χ0n) is 26.4. The first kappa shape index (κ1) is 35.2. The van der Waals surface area contributed by atoms with Gasteiger partial charge in [0.15, 0.2) is 0 Å². The number of nitrogens with one attached hydrogen (secondary N) is 1. The summed E-state index contributed by atoms with van der Waals surface area (Å²) in [7, 11) is -4.21. The fourth-order valence-corrected chi connectivity index (χ4v) is 7.23. The molecule has 0 aliphatic carbocycles. The quantitative estimate of drug-likeness (QED) is 0.155. The first-order chi connectivity index (χ1) is 21.9. The highest BCUT2D eigenvalue weighted by Gasteiger charge is 2.35. The van der Waals surface area contributed by atoms with Gasteiger partial charge in [0.05, 0.1) is 10.6 Å². The minimum absolute atomic E-state index is 0.0501. The van der Waals surface area contributed by atoms with Crippen LogP contribution < -0.4 is 9.62 Å². The Morgan fingerprint density at radius 3 is 2.20 bits per heavy atom. The number of carbonyl (C=O) groups excluding carboxylic acids is 2. The summed E-state index contributed by atoms with van der Waals surface area (Å²) in [6.07, 6.45) is 0.954. The fraction of sp³-hybridized carbons (Fsp3) is 0.278. The third kappa shape index (κ3) is 8.99. The predicted octanol–water partition coefficient (Wildman–Crippen LogP) is 7.47. The van der Waals surface area contributed by atoms with Gasteiger partial charge in [-0.25, -0.2) is 8.42 Å². The smallest absolute Gasteiger partial charge is 0.264 e. The average Bonchev–Trinajstić information content (AvgIpc) is 3.02. The molecular formula is C36H39BrClN3O4S. The second-order valence-electron chi connectivity index (χ2n) is 11.4. The van der Waals surface area contributed by atoms with Crippen molar-refractivity contribution in [1.29, 1.82) is 0 Å². The molecule has 0 spiro atoms. The molecule has 0 fully saturated rings. The van der Waals surface area contributed by atoms with Crippen molar-refractivity contribution in [2.45, 2.75) is 64.1 Å². The van der Waals surface area contributed by atoms with E-state index in [4.69, 9.17) is 11.6 Å². The molecule has 0 radical (unpaired) electrons. The summed E-state index contributed by atoms with van der Waals surface area (Å²) in [5.74, 6) is -0.831. The maximum Gasteiger partial charge on any atom is 0.264 e. The van der Waals surface area contributed by atoms with E-state index < -0.39 is 28.5 Å². The molecule has 46 heavy (non-hydrogen) atoms. The number of hydrogen-bond acceptors (Lipinski definition) is 4. The highest BCUT2D eigenvalue weighted by molar-refractivity contribution is 9.10. The van der Waals surface area contributed by atoms with Gasteiger partial charge in [-0.2, -0.15) is 0 Å². The van der Waals surface area contributed by atoms with E-state index in [0.29, 0.717) is 22.7 Å². The van der Waals surface area contributed by atoms with Crippen molar-refractivity contribution in [2.75, 3.05) is 10.8 Å². The van der Waals surface area contributed by atoms with Crippen molar-refractivity contribution in [2.24, 2.45) is 0 Å². The van der Waals surface area contributed by atoms with Gasteiger partial charge in [-0.05, 0) is 86.3 Å². The van der Waals surface area contributed by atoms with E-state index in [1.54, 1.807) is 37.3 Å². The fourth-order valence-electron chi connectivity index (χ4n) is 5.08. The molecule has 0 aromatic heterocycles. The third-order valence-corrected chi connectivity index (χ3v) is 10.3. The minimum atomic E-state index is -4.21. The van der Waals surface area contributed by atoms with Crippen molar-refractivity contribution in [3.63, 3.8) is 0 Å². The number of amides is 2. The lowest BCUT2D eigenvalue weighted by Crippen LogP contribution is -2.54. The first-order valence-electron chi connectivity index (χ1n) is 15.1. The molecule has 0 bridgehead atoms. The molecule has 10 heteroatoms. The lowest BCUT2D eigenvalue weighted by molar-refractivity contribution is -0.140. The molecule has 2 atom stereocenters. The Kier molecular flexibility index (Phi) is 12.1. The summed E-state index contributed by atoms with van der Waals surface area (Å²) in [6, 6.07) is 27.3. The third-order valence-electron chi connectivity index (χ3n) is 7.83. The number of rotatable bonds is 13. The van der Waals surface area contributed by atoms with E-state index in [2.05, 4.69) is 21.2 Å². The molecule has 7 nitrogen and oxygen atoms in total. The van der Waals surface area contributed by atoms with E-state index in [1.807, 2.05) is 75.4 Å². The van der Waals surface area contributed by atoms with E-state index in [-0.39, 0.29) is 29.8 Å². The van der Waals surface area contributed by atoms with E-state index >= 15 is 0 Å². The number of benzene rings is 4. The van der Waals surface area contributed by atoms with Crippen molar-refractivity contribution < 1.29 is 18.0 Å². The number of aryl methyl sites for hydroxylation is 2. The molecule has 4 aromatic rings. The summed E-state index contributed by atoms with van der Waals surface area (Å²) in [5, 5.41) is 3.50. The van der Waals surface area contributed by atoms with Gasteiger partial charge in [0.1, 0.15) is 12.6 Å². The molecular weight excluding hydrogens is 686 g/mol. The SMILES string of the molecule is CCC(C)NC(=O)C(Cc1ccccc1)N(Cc1cccc(Br)c1)C(=O)CN(c1ccc(Cl)cc1C)S(=O)(=O)c1ccc(C)cc1. The molecule has 2 unspecified atom stereocenters. The number of nitrogens with zero attached hydrogens (tertiary/aromatic N) is 2. The van der Waals surface area contributed by atoms with Crippen LogP contribution in [0.4, 0.5) is 5.69 Å². The minimum Gasteiger partial charge on any atom is -0.352 e. The first-order valence-corrected chi connectivity index (χ1v) is 17.7. The highest BCUT2D eigenvalue weighted by atomic mass is 79.9. The van der Waals surface area contributed by atoms with Gasteiger partial charge in [0.2, 0.25) is 11.8 Å². The number of carbonyl (C=O) groups is 2. The Morgan fingerprint density at radius 1 is 0.891 bits per heavy atom. The number of halogens is 2. The Labute approximate surface area is 285 Å². The maximum absolute atomic E-state index is 14.6. The average molecular weight is 725 g/mol. The van der Waals surface area contributed by atoms with Gasteiger partial charge in [0.25, 0.3) is 10.0 Å². The number of anilines is 1. The standard InChI is InChI=1S/C36H39BrClN3O4S/c1-5-27(4)39-36(43)34(22-28-10-7-6-8-11-28)40(23-29-12-9-13-30(37)21-29)35(42)24-41(33-19-16-31(38)20-26(33)3)46(44,45)32-17-14-25(2)15-18-32/h6-21,27,34H,5,22-24H2,1-4H3,(H,39,43). The van der Waals surface area contributed by atoms with Crippen LogP contribution in [0.1, 0.15) is 42.5 Å². The number of hydrogen-bond donors (Lipinski definition) is 1. The van der Waals surface area contributed by atoms with Crippen LogP contribution in [0.5, 0.6) is 0 Å². The van der Waals surface area contributed by atoms with Gasteiger partial charge >= 0.3 is 0 Å². The van der Waals surface area contributed by atoms with Crippen LogP contribution in [0.15, 0.2) is 106 Å². The second kappa shape index (κ2) is 15.8. The molecule has 242 valence electrons. The van der Waals surface area contributed by atoms with Gasteiger partial charge in [-0.15, -0.1) is 0 Å². The van der Waals surface area contributed by atoms with Crippen LogP contribution in [-0.2, 0) is 32.6 Å². The zero-order chi connectivity index (χ0) is 33.4. The second-order valence-corrected chi connectivity index (χ2v) is 14.6. The van der Waals surface area contributed by atoms with Gasteiger partial charge in [-0.3, -0.25) is 13.9 Å². The van der Waals surface area contributed by atoms with Crippen LogP contribution in [0.2, 0.25) is 5.02 Å². The topological polar surface area (TPSA) is 86.8 Å². The van der Waals surface area contributed by atoms with E-state index in [9.17, 15) is 18.0 Å². The summed E-state index contributed by atoms with van der Waals surface area (Å²) in [6.45, 7) is 7.07. The van der Waals surface area contributed by atoms with Crippen molar-refractivity contribution in [3.8, 4) is 0 Å². The van der Waals surface area contributed by atoms with Crippen molar-refractivity contribution in [1.82, 2.24) is 10.2 Å². The van der Waals surface area contributed by atoms with E-state index in [1.165, 1.54) is 17.0 Å². The molecule has 1 N–H and O–H groups in total. The van der Waals surface area contributed by atoms with E-state index in [0.717, 1.165) is 25.5 Å². The van der Waals surface area contributed by atoms with Crippen molar-refractivity contribution in [3.05, 3.63) is 129 Å². The van der Waals surface area contributed by atoms with Crippen molar-refractivity contribution >= 4 is 55.1 Å². The maximum atomic E-state index is 14.6. The van der Waals surface area contributed by atoms with Crippen LogP contribution in [0, 0.1) is 13.8 Å². The molecule has 0 aliphatic rings. The molecule has 0 aliphatic heterocycles.